The summed E-state index contributed by atoms with van der Waals surface area (Å²) >= 11 is 6.01. The minimum atomic E-state index is -0.787. The Morgan fingerprint density at radius 2 is 2.07 bits per heavy atom. The molecule has 1 aromatic rings. The lowest BCUT2D eigenvalue weighted by atomic mass is 10.1. The first-order valence-corrected chi connectivity index (χ1v) is 5.04. The molecule has 0 spiro atoms. The Morgan fingerprint density at radius 1 is 1.40 bits per heavy atom. The van der Waals surface area contributed by atoms with E-state index in [1.807, 2.05) is 12.1 Å². The maximum atomic E-state index is 9.86. The van der Waals surface area contributed by atoms with E-state index in [4.69, 9.17) is 11.6 Å². The number of nitrogens with zero attached hydrogens (tertiary/aromatic N) is 1. The van der Waals surface area contributed by atoms with Crippen LogP contribution in [0.3, 0.4) is 0 Å². The standard InChI is InChI=1S/C11H12ClNO2/c1-13-6-9(14)10(11(13)15)7-4-2-3-5-8(7)12/h2-5,11,14-15H,6H2,1H3. The smallest absolute Gasteiger partial charge is 0.137 e. The molecule has 0 saturated carbocycles. The summed E-state index contributed by atoms with van der Waals surface area (Å²) in [7, 11) is 1.74. The van der Waals surface area contributed by atoms with E-state index < -0.39 is 6.23 Å². The zero-order chi connectivity index (χ0) is 11.0. The van der Waals surface area contributed by atoms with Crippen molar-refractivity contribution in [1.29, 1.82) is 0 Å². The summed E-state index contributed by atoms with van der Waals surface area (Å²) in [5.41, 5.74) is 1.19. The monoisotopic (exact) mass is 225 g/mol. The van der Waals surface area contributed by atoms with E-state index in [-0.39, 0.29) is 5.76 Å². The van der Waals surface area contributed by atoms with E-state index in [1.54, 1.807) is 24.1 Å². The Kier molecular flexibility index (Phi) is 2.69. The molecule has 0 fully saturated rings. The molecular weight excluding hydrogens is 214 g/mol. The van der Waals surface area contributed by atoms with Gasteiger partial charge in [-0.2, -0.15) is 0 Å². The van der Waals surface area contributed by atoms with E-state index >= 15 is 0 Å². The Labute approximate surface area is 93.2 Å². The van der Waals surface area contributed by atoms with Crippen LogP contribution >= 0.6 is 11.6 Å². The van der Waals surface area contributed by atoms with Crippen LogP contribution in [0.2, 0.25) is 5.02 Å². The van der Waals surface area contributed by atoms with Gasteiger partial charge in [0.2, 0.25) is 0 Å². The van der Waals surface area contributed by atoms with Crippen molar-refractivity contribution >= 4 is 17.2 Å². The number of likely N-dealkylation sites (N-methyl/N-ethyl adjacent to an activating group) is 1. The van der Waals surface area contributed by atoms with Gasteiger partial charge in [0.05, 0.1) is 6.54 Å². The van der Waals surface area contributed by atoms with Crippen molar-refractivity contribution in [2.45, 2.75) is 6.23 Å². The number of hydrogen-bond donors (Lipinski definition) is 2. The highest BCUT2D eigenvalue weighted by molar-refractivity contribution is 6.32. The molecule has 15 heavy (non-hydrogen) atoms. The van der Waals surface area contributed by atoms with Crippen LogP contribution in [0.15, 0.2) is 30.0 Å². The van der Waals surface area contributed by atoms with E-state index in [9.17, 15) is 10.2 Å². The second-order valence-electron chi connectivity index (χ2n) is 3.63. The van der Waals surface area contributed by atoms with Gasteiger partial charge in [-0.1, -0.05) is 29.8 Å². The molecule has 4 heteroatoms. The lowest BCUT2D eigenvalue weighted by Crippen LogP contribution is -2.27. The number of aliphatic hydroxyl groups is 2. The summed E-state index contributed by atoms with van der Waals surface area (Å²) in [6.07, 6.45) is -0.787. The van der Waals surface area contributed by atoms with Crippen LogP contribution in [0.1, 0.15) is 5.56 Å². The lowest BCUT2D eigenvalue weighted by molar-refractivity contribution is 0.0889. The average molecular weight is 226 g/mol. The molecule has 0 radical (unpaired) electrons. The van der Waals surface area contributed by atoms with Gasteiger partial charge in [0.25, 0.3) is 0 Å². The summed E-state index contributed by atoms with van der Waals surface area (Å²) in [5.74, 6) is 0.179. The SMILES string of the molecule is CN1CC(O)=C(c2ccccc2Cl)C1O. The van der Waals surface area contributed by atoms with Crippen LogP contribution in [-0.2, 0) is 0 Å². The van der Waals surface area contributed by atoms with Crippen molar-refractivity contribution in [2.24, 2.45) is 0 Å². The lowest BCUT2D eigenvalue weighted by Gasteiger charge is -2.16. The Bertz CT molecular complexity index is 417. The van der Waals surface area contributed by atoms with Gasteiger partial charge in [-0.15, -0.1) is 0 Å². The molecule has 3 nitrogen and oxygen atoms in total. The number of rotatable bonds is 1. The molecule has 0 amide bonds. The number of halogens is 1. The van der Waals surface area contributed by atoms with E-state index in [2.05, 4.69) is 0 Å². The van der Waals surface area contributed by atoms with Crippen LogP contribution < -0.4 is 0 Å². The molecule has 0 bridgehead atoms. The molecule has 2 N–H and O–H groups in total. The highest BCUT2D eigenvalue weighted by atomic mass is 35.5. The third kappa shape index (κ3) is 1.74. The van der Waals surface area contributed by atoms with Crippen molar-refractivity contribution in [2.75, 3.05) is 13.6 Å². The highest BCUT2D eigenvalue weighted by Gasteiger charge is 2.30. The van der Waals surface area contributed by atoms with E-state index in [0.717, 1.165) is 0 Å². The van der Waals surface area contributed by atoms with Gasteiger partial charge in [-0.25, -0.2) is 0 Å². The first-order valence-electron chi connectivity index (χ1n) is 4.66. The van der Waals surface area contributed by atoms with Gasteiger partial charge in [0.1, 0.15) is 12.0 Å². The zero-order valence-corrected chi connectivity index (χ0v) is 9.07. The van der Waals surface area contributed by atoms with Gasteiger partial charge < -0.3 is 10.2 Å². The van der Waals surface area contributed by atoms with Gasteiger partial charge in [-0.05, 0) is 13.1 Å². The summed E-state index contributed by atoms with van der Waals surface area (Å²) in [6.45, 7) is 0.349. The molecule has 0 saturated heterocycles. The normalized spacial score (nSPS) is 22.5. The third-order valence-corrected chi connectivity index (χ3v) is 2.88. The third-order valence-electron chi connectivity index (χ3n) is 2.55. The molecule has 0 aliphatic carbocycles. The Hall–Kier alpha value is -1.03. The van der Waals surface area contributed by atoms with Gasteiger partial charge in [0, 0.05) is 16.2 Å². The average Bonchev–Trinajstić information content (AvgIpc) is 2.43. The van der Waals surface area contributed by atoms with Crippen molar-refractivity contribution in [3.8, 4) is 0 Å². The maximum absolute atomic E-state index is 9.86. The van der Waals surface area contributed by atoms with E-state index in [0.29, 0.717) is 22.7 Å². The fourth-order valence-corrected chi connectivity index (χ4v) is 1.99. The minimum absolute atomic E-state index is 0.179. The molecule has 0 aromatic heterocycles. The summed E-state index contributed by atoms with van der Waals surface area (Å²) < 4.78 is 0. The fourth-order valence-electron chi connectivity index (χ4n) is 1.75. The first-order chi connectivity index (χ1) is 7.11. The summed E-state index contributed by atoms with van der Waals surface area (Å²) in [4.78, 5) is 1.65. The molecule has 1 unspecified atom stereocenters. The van der Waals surface area contributed by atoms with Crippen LogP contribution in [-0.4, -0.2) is 34.9 Å². The zero-order valence-electron chi connectivity index (χ0n) is 8.31. The minimum Gasteiger partial charge on any atom is -0.510 e. The predicted octanol–water partition coefficient (Wildman–Crippen LogP) is 1.87. The molecule has 80 valence electrons. The van der Waals surface area contributed by atoms with Gasteiger partial charge in [-0.3, -0.25) is 4.90 Å². The molecule has 1 aromatic carbocycles. The van der Waals surface area contributed by atoms with Gasteiger partial charge in [0.15, 0.2) is 0 Å². The Morgan fingerprint density at radius 3 is 2.60 bits per heavy atom. The predicted molar refractivity (Wildman–Crippen MR) is 59.6 cm³/mol. The number of benzene rings is 1. The number of aliphatic hydroxyl groups excluding tert-OH is 2. The first kappa shape index (κ1) is 10.5. The van der Waals surface area contributed by atoms with Gasteiger partial charge >= 0.3 is 0 Å². The largest absolute Gasteiger partial charge is 0.510 e. The Balaban J connectivity index is 2.48. The summed E-state index contributed by atoms with van der Waals surface area (Å²) in [5, 5.41) is 20.1. The second kappa shape index (κ2) is 3.85. The van der Waals surface area contributed by atoms with Crippen molar-refractivity contribution in [3.05, 3.63) is 40.6 Å². The van der Waals surface area contributed by atoms with Crippen LogP contribution in [0.4, 0.5) is 0 Å². The van der Waals surface area contributed by atoms with Crippen molar-refractivity contribution in [3.63, 3.8) is 0 Å². The molecule has 1 heterocycles. The maximum Gasteiger partial charge on any atom is 0.137 e. The van der Waals surface area contributed by atoms with Crippen LogP contribution in [0, 0.1) is 0 Å². The molecule has 1 aliphatic heterocycles. The van der Waals surface area contributed by atoms with Crippen molar-refractivity contribution < 1.29 is 10.2 Å². The van der Waals surface area contributed by atoms with E-state index in [1.165, 1.54) is 0 Å². The second-order valence-corrected chi connectivity index (χ2v) is 4.04. The fraction of sp³-hybridized carbons (Fsp3) is 0.273. The molecule has 2 rings (SSSR count). The van der Waals surface area contributed by atoms with Crippen LogP contribution in [0.25, 0.3) is 5.57 Å². The van der Waals surface area contributed by atoms with Crippen molar-refractivity contribution in [1.82, 2.24) is 4.90 Å². The molecule has 1 aliphatic rings. The number of hydrogen-bond acceptors (Lipinski definition) is 3. The quantitative estimate of drug-likeness (QED) is 0.767. The molecule has 1 atom stereocenters. The molecular formula is C11H12ClNO2. The summed E-state index contributed by atoms with van der Waals surface area (Å²) in [6, 6.07) is 7.17. The van der Waals surface area contributed by atoms with Crippen LogP contribution in [0.5, 0.6) is 0 Å². The topological polar surface area (TPSA) is 43.7 Å². The highest BCUT2D eigenvalue weighted by Crippen LogP contribution is 2.33.